The van der Waals surface area contributed by atoms with Crippen molar-refractivity contribution in [2.45, 2.75) is 45.6 Å². The molecule has 3 heteroatoms. The highest BCUT2D eigenvalue weighted by atomic mass is 16.2. The van der Waals surface area contributed by atoms with Crippen LogP contribution in [0.5, 0.6) is 0 Å². The van der Waals surface area contributed by atoms with Crippen LogP contribution in [0.4, 0.5) is 0 Å². The molecular weight excluding hydrogens is 176 g/mol. The standard InChI is InChI=1S/C11H22N2O/c1-3-10-4-6-13(7-5-10)11(14)8-9(2)12/h9-10H,3-8,12H2,1-2H3. The normalized spacial score (nSPS) is 20.9. The Kier molecular flexibility index (Phi) is 4.39. The molecule has 14 heavy (non-hydrogen) atoms. The predicted octanol–water partition coefficient (Wildman–Crippen LogP) is 1.37. The average molecular weight is 198 g/mol. The molecule has 1 aliphatic heterocycles. The summed E-state index contributed by atoms with van der Waals surface area (Å²) in [6.45, 7) is 5.98. The molecule has 0 spiro atoms. The van der Waals surface area contributed by atoms with Gasteiger partial charge < -0.3 is 10.6 Å². The maximum Gasteiger partial charge on any atom is 0.224 e. The van der Waals surface area contributed by atoms with Gasteiger partial charge in [0.2, 0.25) is 5.91 Å². The van der Waals surface area contributed by atoms with E-state index < -0.39 is 0 Å². The first kappa shape index (κ1) is 11.5. The van der Waals surface area contributed by atoms with Crippen LogP contribution in [0.25, 0.3) is 0 Å². The number of piperidine rings is 1. The summed E-state index contributed by atoms with van der Waals surface area (Å²) in [5, 5.41) is 0. The minimum Gasteiger partial charge on any atom is -0.343 e. The molecule has 1 amide bonds. The van der Waals surface area contributed by atoms with Crippen LogP contribution in [0, 0.1) is 5.92 Å². The molecule has 3 nitrogen and oxygen atoms in total. The zero-order chi connectivity index (χ0) is 10.6. The van der Waals surface area contributed by atoms with Crippen molar-refractivity contribution in [1.29, 1.82) is 0 Å². The molecule has 0 saturated carbocycles. The Labute approximate surface area is 86.6 Å². The highest BCUT2D eigenvalue weighted by molar-refractivity contribution is 5.76. The van der Waals surface area contributed by atoms with Crippen molar-refractivity contribution in [3.8, 4) is 0 Å². The first-order valence-corrected chi connectivity index (χ1v) is 5.66. The van der Waals surface area contributed by atoms with Gasteiger partial charge in [-0.2, -0.15) is 0 Å². The second kappa shape index (κ2) is 5.35. The third-order valence-corrected chi connectivity index (χ3v) is 3.04. The smallest absolute Gasteiger partial charge is 0.224 e. The Balaban J connectivity index is 2.30. The SMILES string of the molecule is CCC1CCN(C(=O)CC(C)N)CC1. The highest BCUT2D eigenvalue weighted by Crippen LogP contribution is 2.20. The van der Waals surface area contributed by atoms with Gasteiger partial charge in [-0.1, -0.05) is 13.3 Å². The molecule has 1 saturated heterocycles. The average Bonchev–Trinajstić information content (AvgIpc) is 2.17. The van der Waals surface area contributed by atoms with Crippen LogP contribution in [-0.4, -0.2) is 29.9 Å². The largest absolute Gasteiger partial charge is 0.343 e. The predicted molar refractivity (Wildman–Crippen MR) is 57.9 cm³/mol. The van der Waals surface area contributed by atoms with E-state index in [2.05, 4.69) is 6.92 Å². The Bertz CT molecular complexity index is 184. The van der Waals surface area contributed by atoms with Crippen LogP contribution in [0.15, 0.2) is 0 Å². The van der Waals surface area contributed by atoms with Gasteiger partial charge in [-0.3, -0.25) is 4.79 Å². The van der Waals surface area contributed by atoms with E-state index in [1.807, 2.05) is 11.8 Å². The van der Waals surface area contributed by atoms with E-state index >= 15 is 0 Å². The van der Waals surface area contributed by atoms with Crippen LogP contribution in [0.2, 0.25) is 0 Å². The minimum atomic E-state index is -0.00796. The number of hydrogen-bond acceptors (Lipinski definition) is 2. The number of amides is 1. The van der Waals surface area contributed by atoms with E-state index in [-0.39, 0.29) is 11.9 Å². The molecule has 0 bridgehead atoms. The number of carbonyl (C=O) groups excluding carboxylic acids is 1. The van der Waals surface area contributed by atoms with Crippen LogP contribution in [-0.2, 0) is 4.79 Å². The second-order valence-electron chi connectivity index (χ2n) is 4.41. The molecule has 82 valence electrons. The van der Waals surface area contributed by atoms with Gasteiger partial charge in [-0.05, 0) is 25.7 Å². The lowest BCUT2D eigenvalue weighted by Gasteiger charge is -2.32. The van der Waals surface area contributed by atoms with Crippen molar-refractivity contribution in [2.24, 2.45) is 11.7 Å². The summed E-state index contributed by atoms with van der Waals surface area (Å²) in [6, 6.07) is -0.00796. The topological polar surface area (TPSA) is 46.3 Å². The molecule has 1 heterocycles. The van der Waals surface area contributed by atoms with Gasteiger partial charge in [-0.15, -0.1) is 0 Å². The molecule has 0 aromatic carbocycles. The number of hydrogen-bond donors (Lipinski definition) is 1. The maximum atomic E-state index is 11.6. The lowest BCUT2D eigenvalue weighted by Crippen LogP contribution is -2.40. The number of rotatable bonds is 3. The van der Waals surface area contributed by atoms with Gasteiger partial charge in [0.25, 0.3) is 0 Å². The zero-order valence-electron chi connectivity index (χ0n) is 9.33. The first-order chi connectivity index (χ1) is 6.63. The molecule has 2 N–H and O–H groups in total. The van der Waals surface area contributed by atoms with E-state index in [4.69, 9.17) is 5.73 Å². The fourth-order valence-corrected chi connectivity index (χ4v) is 2.00. The maximum absolute atomic E-state index is 11.6. The summed E-state index contributed by atoms with van der Waals surface area (Å²) in [5.74, 6) is 1.06. The van der Waals surface area contributed by atoms with E-state index in [1.165, 1.54) is 19.3 Å². The summed E-state index contributed by atoms with van der Waals surface area (Å²) in [5.41, 5.74) is 5.61. The van der Waals surface area contributed by atoms with Crippen LogP contribution in [0.1, 0.15) is 39.5 Å². The third kappa shape index (κ3) is 3.29. The Hall–Kier alpha value is -0.570. The zero-order valence-corrected chi connectivity index (χ0v) is 9.33. The monoisotopic (exact) mass is 198 g/mol. The summed E-state index contributed by atoms with van der Waals surface area (Å²) >= 11 is 0. The molecule has 1 atom stereocenters. The molecule has 1 fully saturated rings. The van der Waals surface area contributed by atoms with E-state index in [9.17, 15) is 4.79 Å². The molecule has 0 aromatic rings. The fourth-order valence-electron chi connectivity index (χ4n) is 2.00. The van der Waals surface area contributed by atoms with Gasteiger partial charge in [0.15, 0.2) is 0 Å². The summed E-state index contributed by atoms with van der Waals surface area (Å²) < 4.78 is 0. The van der Waals surface area contributed by atoms with Gasteiger partial charge >= 0.3 is 0 Å². The molecule has 0 aliphatic carbocycles. The van der Waals surface area contributed by atoms with E-state index in [0.717, 1.165) is 19.0 Å². The molecule has 0 aromatic heterocycles. The Morgan fingerprint density at radius 3 is 2.50 bits per heavy atom. The van der Waals surface area contributed by atoms with Gasteiger partial charge in [0, 0.05) is 25.6 Å². The summed E-state index contributed by atoms with van der Waals surface area (Å²) in [4.78, 5) is 13.6. The fraction of sp³-hybridized carbons (Fsp3) is 0.909. The van der Waals surface area contributed by atoms with Crippen LogP contribution < -0.4 is 5.73 Å². The molecule has 0 radical (unpaired) electrons. The first-order valence-electron chi connectivity index (χ1n) is 5.66. The highest BCUT2D eigenvalue weighted by Gasteiger charge is 2.21. The quantitative estimate of drug-likeness (QED) is 0.744. The van der Waals surface area contributed by atoms with Gasteiger partial charge in [0.05, 0.1) is 0 Å². The Morgan fingerprint density at radius 1 is 1.50 bits per heavy atom. The van der Waals surface area contributed by atoms with Crippen molar-refractivity contribution >= 4 is 5.91 Å². The lowest BCUT2D eigenvalue weighted by molar-refractivity contribution is -0.132. The minimum absolute atomic E-state index is 0.00796. The summed E-state index contributed by atoms with van der Waals surface area (Å²) in [6.07, 6.45) is 4.08. The van der Waals surface area contributed by atoms with E-state index in [0.29, 0.717) is 6.42 Å². The molecule has 1 aliphatic rings. The van der Waals surface area contributed by atoms with Gasteiger partial charge in [0.1, 0.15) is 0 Å². The van der Waals surface area contributed by atoms with Crippen molar-refractivity contribution in [3.05, 3.63) is 0 Å². The van der Waals surface area contributed by atoms with E-state index in [1.54, 1.807) is 0 Å². The number of nitrogens with zero attached hydrogens (tertiary/aromatic N) is 1. The summed E-state index contributed by atoms with van der Waals surface area (Å²) in [7, 11) is 0. The number of carbonyl (C=O) groups is 1. The Morgan fingerprint density at radius 2 is 2.07 bits per heavy atom. The van der Waals surface area contributed by atoms with Crippen molar-refractivity contribution in [3.63, 3.8) is 0 Å². The second-order valence-corrected chi connectivity index (χ2v) is 4.41. The molecular formula is C11H22N2O. The molecule has 1 rings (SSSR count). The molecule has 1 unspecified atom stereocenters. The third-order valence-electron chi connectivity index (χ3n) is 3.04. The number of nitrogens with two attached hydrogens (primary N) is 1. The van der Waals surface area contributed by atoms with Crippen molar-refractivity contribution in [1.82, 2.24) is 4.90 Å². The van der Waals surface area contributed by atoms with Crippen molar-refractivity contribution < 1.29 is 4.79 Å². The van der Waals surface area contributed by atoms with Crippen molar-refractivity contribution in [2.75, 3.05) is 13.1 Å². The van der Waals surface area contributed by atoms with Crippen LogP contribution >= 0.6 is 0 Å². The van der Waals surface area contributed by atoms with Crippen LogP contribution in [0.3, 0.4) is 0 Å². The lowest BCUT2D eigenvalue weighted by atomic mass is 9.94. The van der Waals surface area contributed by atoms with Gasteiger partial charge in [-0.25, -0.2) is 0 Å². The number of likely N-dealkylation sites (tertiary alicyclic amines) is 1.